The predicted molar refractivity (Wildman–Crippen MR) is 59.8 cm³/mol. The van der Waals surface area contributed by atoms with Gasteiger partial charge >= 0.3 is 6.09 Å². The van der Waals surface area contributed by atoms with Crippen LogP contribution in [0.2, 0.25) is 0 Å². The first kappa shape index (κ1) is 12.0. The summed E-state index contributed by atoms with van der Waals surface area (Å²) in [6, 6.07) is 0. The van der Waals surface area contributed by atoms with Gasteiger partial charge in [0, 0.05) is 5.71 Å². The van der Waals surface area contributed by atoms with E-state index in [1.54, 1.807) is 0 Å². The number of hydrogen-bond donors (Lipinski definition) is 1. The van der Waals surface area contributed by atoms with Crippen LogP contribution < -0.4 is 5.43 Å². The first-order valence-electron chi connectivity index (χ1n) is 5.32. The van der Waals surface area contributed by atoms with Crippen LogP contribution in [-0.2, 0) is 4.74 Å². The molecule has 1 atom stereocenters. The fourth-order valence-electron chi connectivity index (χ4n) is 2.37. The maximum absolute atomic E-state index is 10.9. The molecule has 0 aliphatic heterocycles. The summed E-state index contributed by atoms with van der Waals surface area (Å²) < 4.78 is 4.46. The molecule has 0 heterocycles. The van der Waals surface area contributed by atoms with Crippen molar-refractivity contribution in [1.82, 2.24) is 5.43 Å². The lowest BCUT2D eigenvalue weighted by atomic mass is 9.72. The van der Waals surface area contributed by atoms with E-state index in [1.165, 1.54) is 13.5 Å². The molecule has 1 aliphatic carbocycles. The summed E-state index contributed by atoms with van der Waals surface area (Å²) in [5, 5.41) is 4.09. The second-order valence-electron chi connectivity index (χ2n) is 5.14. The molecule has 0 bridgehead atoms. The molecule has 4 nitrogen and oxygen atoms in total. The second-order valence-corrected chi connectivity index (χ2v) is 5.14. The van der Waals surface area contributed by atoms with Gasteiger partial charge in [-0.15, -0.1) is 0 Å². The molecule has 0 aromatic rings. The number of ether oxygens (including phenoxy) is 1. The van der Waals surface area contributed by atoms with Gasteiger partial charge in [0.25, 0.3) is 0 Å². The van der Waals surface area contributed by atoms with Gasteiger partial charge in [-0.1, -0.05) is 20.8 Å². The summed E-state index contributed by atoms with van der Waals surface area (Å²) in [5.41, 5.74) is 3.73. The van der Waals surface area contributed by atoms with Crippen LogP contribution in [0.25, 0.3) is 0 Å². The fraction of sp³-hybridized carbons (Fsp3) is 0.818. The Hall–Kier alpha value is -1.06. The van der Waals surface area contributed by atoms with Crippen molar-refractivity contribution in [3.63, 3.8) is 0 Å². The van der Waals surface area contributed by atoms with Gasteiger partial charge in [-0.25, -0.2) is 10.2 Å². The van der Waals surface area contributed by atoms with E-state index in [-0.39, 0.29) is 5.41 Å². The Labute approximate surface area is 91.1 Å². The normalized spacial score (nSPS) is 27.5. The number of rotatable bonds is 1. The van der Waals surface area contributed by atoms with Crippen molar-refractivity contribution in [3.05, 3.63) is 0 Å². The molecule has 0 spiro atoms. The Balaban J connectivity index is 2.58. The number of carbonyl (C=O) groups excluding carboxylic acids is 1. The van der Waals surface area contributed by atoms with Gasteiger partial charge in [-0.2, -0.15) is 5.10 Å². The number of carbonyl (C=O) groups is 1. The highest BCUT2D eigenvalue weighted by atomic mass is 16.5. The highest BCUT2D eigenvalue weighted by molar-refractivity contribution is 5.86. The number of hydrazone groups is 1. The van der Waals surface area contributed by atoms with Gasteiger partial charge in [0.1, 0.15) is 0 Å². The van der Waals surface area contributed by atoms with Crippen LogP contribution in [0.5, 0.6) is 0 Å². The Kier molecular flexibility index (Phi) is 3.72. The highest BCUT2D eigenvalue weighted by Crippen LogP contribution is 2.36. The fourth-order valence-corrected chi connectivity index (χ4v) is 2.37. The van der Waals surface area contributed by atoms with Gasteiger partial charge in [-0.3, -0.25) is 0 Å². The number of amides is 1. The van der Waals surface area contributed by atoms with E-state index in [0.717, 1.165) is 18.6 Å². The molecule has 1 amide bonds. The minimum Gasteiger partial charge on any atom is -0.452 e. The molecular weight excluding hydrogens is 192 g/mol. The Morgan fingerprint density at radius 2 is 2.27 bits per heavy atom. The molecule has 1 saturated carbocycles. The van der Waals surface area contributed by atoms with E-state index in [0.29, 0.717) is 5.92 Å². The van der Waals surface area contributed by atoms with Crippen LogP contribution in [0.4, 0.5) is 4.79 Å². The zero-order valence-electron chi connectivity index (χ0n) is 9.96. The average Bonchev–Trinajstić information content (AvgIpc) is 2.11. The van der Waals surface area contributed by atoms with E-state index in [2.05, 4.69) is 36.0 Å². The lowest BCUT2D eigenvalue weighted by Crippen LogP contribution is -2.30. The van der Waals surface area contributed by atoms with Crippen LogP contribution in [-0.4, -0.2) is 18.9 Å². The third-order valence-corrected chi connectivity index (χ3v) is 2.66. The Bertz CT molecular complexity index is 272. The third-order valence-electron chi connectivity index (χ3n) is 2.66. The molecular formula is C11H20N2O2. The van der Waals surface area contributed by atoms with Crippen LogP contribution in [0, 0.1) is 11.3 Å². The standard InChI is InChI=1S/C11H20N2O2/c1-8-5-9(7-11(2,3)6-8)12-13-10(14)15-4/h8H,5-7H2,1-4H3,(H,13,14)/t8-/m1/s1. The maximum Gasteiger partial charge on any atom is 0.427 e. The van der Waals surface area contributed by atoms with E-state index in [9.17, 15) is 4.79 Å². The lowest BCUT2D eigenvalue weighted by molar-refractivity contribution is 0.171. The van der Waals surface area contributed by atoms with Crippen molar-refractivity contribution in [1.29, 1.82) is 0 Å². The first-order chi connectivity index (χ1) is 6.93. The van der Waals surface area contributed by atoms with Gasteiger partial charge in [-0.05, 0) is 30.6 Å². The summed E-state index contributed by atoms with van der Waals surface area (Å²) in [6.45, 7) is 6.68. The molecule has 0 aromatic heterocycles. The van der Waals surface area contributed by atoms with E-state index in [1.807, 2.05) is 0 Å². The van der Waals surface area contributed by atoms with E-state index < -0.39 is 6.09 Å². The SMILES string of the molecule is COC(=O)NN=C1C[C@@H](C)CC(C)(C)C1. The molecule has 0 saturated heterocycles. The molecule has 86 valence electrons. The monoisotopic (exact) mass is 212 g/mol. The average molecular weight is 212 g/mol. The van der Waals surface area contributed by atoms with Crippen molar-refractivity contribution in [2.24, 2.45) is 16.4 Å². The second kappa shape index (κ2) is 4.64. The van der Waals surface area contributed by atoms with Gasteiger partial charge in [0.15, 0.2) is 0 Å². The molecule has 1 rings (SSSR count). The van der Waals surface area contributed by atoms with E-state index in [4.69, 9.17) is 0 Å². The molecule has 0 radical (unpaired) electrons. The Morgan fingerprint density at radius 1 is 1.60 bits per heavy atom. The molecule has 0 unspecified atom stereocenters. The highest BCUT2D eigenvalue weighted by Gasteiger charge is 2.29. The molecule has 15 heavy (non-hydrogen) atoms. The smallest absolute Gasteiger partial charge is 0.427 e. The van der Waals surface area contributed by atoms with Crippen molar-refractivity contribution < 1.29 is 9.53 Å². The quantitative estimate of drug-likeness (QED) is 0.679. The van der Waals surface area contributed by atoms with Crippen LogP contribution in [0.15, 0.2) is 5.10 Å². The number of hydrogen-bond acceptors (Lipinski definition) is 3. The maximum atomic E-state index is 10.9. The molecule has 1 fully saturated rings. The number of nitrogens with one attached hydrogen (secondary N) is 1. The third kappa shape index (κ3) is 3.90. The van der Waals surface area contributed by atoms with Crippen LogP contribution >= 0.6 is 0 Å². The summed E-state index contributed by atoms with van der Waals surface area (Å²) in [6.07, 6.45) is 2.62. The zero-order chi connectivity index (χ0) is 11.5. The van der Waals surface area contributed by atoms with Gasteiger partial charge in [0.05, 0.1) is 7.11 Å². The zero-order valence-corrected chi connectivity index (χ0v) is 9.96. The van der Waals surface area contributed by atoms with Crippen LogP contribution in [0.1, 0.15) is 40.0 Å². The predicted octanol–water partition coefficient (Wildman–Crippen LogP) is 2.54. The van der Waals surface area contributed by atoms with E-state index >= 15 is 0 Å². The van der Waals surface area contributed by atoms with Crippen molar-refractivity contribution >= 4 is 11.8 Å². The Morgan fingerprint density at radius 3 is 2.80 bits per heavy atom. The molecule has 0 aromatic carbocycles. The molecule has 4 heteroatoms. The van der Waals surface area contributed by atoms with Crippen LogP contribution in [0.3, 0.4) is 0 Å². The number of methoxy groups -OCH3 is 1. The van der Waals surface area contributed by atoms with Crippen molar-refractivity contribution in [3.8, 4) is 0 Å². The molecule has 1 N–H and O–H groups in total. The topological polar surface area (TPSA) is 50.7 Å². The van der Waals surface area contributed by atoms with Crippen molar-refractivity contribution in [2.45, 2.75) is 40.0 Å². The summed E-state index contributed by atoms with van der Waals surface area (Å²) in [7, 11) is 1.34. The number of nitrogens with zero attached hydrogens (tertiary/aromatic N) is 1. The van der Waals surface area contributed by atoms with Gasteiger partial charge < -0.3 is 4.74 Å². The largest absolute Gasteiger partial charge is 0.452 e. The summed E-state index contributed by atoms with van der Waals surface area (Å²) in [5.74, 6) is 0.631. The minimum absolute atomic E-state index is 0.286. The lowest BCUT2D eigenvalue weighted by Gasteiger charge is -2.34. The van der Waals surface area contributed by atoms with Gasteiger partial charge in [0.2, 0.25) is 0 Å². The first-order valence-corrected chi connectivity index (χ1v) is 5.32. The summed E-state index contributed by atoms with van der Waals surface area (Å²) in [4.78, 5) is 10.9. The summed E-state index contributed by atoms with van der Waals surface area (Å²) >= 11 is 0. The molecule has 1 aliphatic rings. The minimum atomic E-state index is -0.501. The van der Waals surface area contributed by atoms with Crippen molar-refractivity contribution in [2.75, 3.05) is 7.11 Å².